The van der Waals surface area contributed by atoms with Crippen molar-refractivity contribution in [2.75, 3.05) is 13.1 Å². The van der Waals surface area contributed by atoms with Gasteiger partial charge in [-0.15, -0.1) is 0 Å². The van der Waals surface area contributed by atoms with Crippen LogP contribution in [-0.4, -0.2) is 35.1 Å². The molecule has 1 aromatic carbocycles. The predicted octanol–water partition coefficient (Wildman–Crippen LogP) is 1.18. The number of rotatable bonds is 4. The Morgan fingerprint density at radius 1 is 1.38 bits per heavy atom. The molecule has 0 bridgehead atoms. The number of benzene rings is 1. The lowest BCUT2D eigenvalue weighted by Gasteiger charge is -2.37. The second-order valence-corrected chi connectivity index (χ2v) is 5.63. The summed E-state index contributed by atoms with van der Waals surface area (Å²) in [5, 5.41) is 18.5. The Labute approximate surface area is 125 Å². The summed E-state index contributed by atoms with van der Waals surface area (Å²) in [5.41, 5.74) is 6.98. The Balaban J connectivity index is 1.95. The minimum atomic E-state index is -1.03. The first kappa shape index (κ1) is 15.5. The zero-order valence-corrected chi connectivity index (χ0v) is 12.2. The van der Waals surface area contributed by atoms with Crippen LogP contribution in [0.15, 0.2) is 24.3 Å². The number of nitriles is 1. The van der Waals surface area contributed by atoms with Gasteiger partial charge in [-0.3, -0.25) is 9.69 Å². The number of aliphatic hydroxyl groups is 1. The molecule has 0 radical (unpaired) electrons. The minimum Gasteiger partial charge on any atom is -0.383 e. The number of nitrogens with two attached hydrogens (primary N) is 1. The van der Waals surface area contributed by atoms with Gasteiger partial charge in [-0.05, 0) is 56.5 Å². The molecule has 3 N–H and O–H groups in total. The summed E-state index contributed by atoms with van der Waals surface area (Å²) in [6, 6.07) is 9.99. The SMILES string of the molecule is C[C@@H](c1ccc(C#N)cc1)N1CCC([C@@H](O)C(N)=O)CC1. The molecule has 1 amide bonds. The zero-order chi connectivity index (χ0) is 15.4. The summed E-state index contributed by atoms with van der Waals surface area (Å²) in [7, 11) is 0. The molecule has 21 heavy (non-hydrogen) atoms. The van der Waals surface area contributed by atoms with Crippen LogP contribution in [0.25, 0.3) is 0 Å². The number of primary amides is 1. The number of carbonyl (C=O) groups is 1. The van der Waals surface area contributed by atoms with Crippen LogP contribution in [0.5, 0.6) is 0 Å². The maximum Gasteiger partial charge on any atom is 0.246 e. The van der Waals surface area contributed by atoms with Gasteiger partial charge < -0.3 is 10.8 Å². The highest BCUT2D eigenvalue weighted by atomic mass is 16.3. The summed E-state index contributed by atoms with van der Waals surface area (Å²) in [6.07, 6.45) is 0.507. The zero-order valence-electron chi connectivity index (χ0n) is 12.2. The van der Waals surface area contributed by atoms with Crippen LogP contribution < -0.4 is 5.73 Å². The highest BCUT2D eigenvalue weighted by Gasteiger charge is 2.30. The Hall–Kier alpha value is -1.90. The van der Waals surface area contributed by atoms with Gasteiger partial charge in [0.05, 0.1) is 11.6 Å². The fourth-order valence-corrected chi connectivity index (χ4v) is 2.90. The molecule has 5 heteroatoms. The van der Waals surface area contributed by atoms with E-state index < -0.39 is 12.0 Å². The van der Waals surface area contributed by atoms with Crippen LogP contribution in [0.1, 0.15) is 36.9 Å². The molecular weight excluding hydrogens is 266 g/mol. The Morgan fingerprint density at radius 3 is 2.43 bits per heavy atom. The van der Waals surface area contributed by atoms with E-state index in [1.54, 1.807) is 0 Å². The lowest BCUT2D eigenvalue weighted by Crippen LogP contribution is -2.43. The van der Waals surface area contributed by atoms with Crippen LogP contribution in [0.2, 0.25) is 0 Å². The first-order chi connectivity index (χ1) is 10.0. The molecule has 1 fully saturated rings. The first-order valence-electron chi connectivity index (χ1n) is 7.24. The Morgan fingerprint density at radius 2 is 1.95 bits per heavy atom. The van der Waals surface area contributed by atoms with Gasteiger partial charge in [-0.2, -0.15) is 5.26 Å². The molecule has 5 nitrogen and oxygen atoms in total. The minimum absolute atomic E-state index is 0.0353. The standard InChI is InChI=1S/C16H21N3O2/c1-11(13-4-2-12(10-17)3-5-13)19-8-6-14(7-9-19)15(20)16(18)21/h2-5,11,14-15,20H,6-9H2,1H3,(H2,18,21)/t11-,15+/m0/s1. The number of piperidine rings is 1. The summed E-state index contributed by atoms with van der Waals surface area (Å²) in [4.78, 5) is 13.4. The maximum atomic E-state index is 11.0. The summed E-state index contributed by atoms with van der Waals surface area (Å²) >= 11 is 0. The van der Waals surface area contributed by atoms with E-state index in [1.165, 1.54) is 5.56 Å². The van der Waals surface area contributed by atoms with Crippen molar-refractivity contribution in [3.05, 3.63) is 35.4 Å². The first-order valence-corrected chi connectivity index (χ1v) is 7.24. The Bertz CT molecular complexity index is 527. The van der Waals surface area contributed by atoms with Gasteiger partial charge >= 0.3 is 0 Å². The van der Waals surface area contributed by atoms with Crippen molar-refractivity contribution in [3.8, 4) is 6.07 Å². The molecule has 112 valence electrons. The lowest BCUT2D eigenvalue weighted by atomic mass is 9.89. The van der Waals surface area contributed by atoms with E-state index in [-0.39, 0.29) is 12.0 Å². The summed E-state index contributed by atoms with van der Waals surface area (Å²) < 4.78 is 0. The van der Waals surface area contributed by atoms with Crippen LogP contribution in [0, 0.1) is 17.2 Å². The van der Waals surface area contributed by atoms with Crippen molar-refractivity contribution in [2.45, 2.75) is 31.9 Å². The fourth-order valence-electron chi connectivity index (χ4n) is 2.90. The molecular formula is C16H21N3O2. The number of hydrogen-bond donors (Lipinski definition) is 2. The van der Waals surface area contributed by atoms with E-state index in [1.807, 2.05) is 24.3 Å². The maximum absolute atomic E-state index is 11.0. The summed E-state index contributed by atoms with van der Waals surface area (Å²) in [5.74, 6) is -0.666. The second kappa shape index (κ2) is 6.70. The van der Waals surface area contributed by atoms with E-state index in [9.17, 15) is 9.90 Å². The van der Waals surface area contributed by atoms with Crippen molar-refractivity contribution >= 4 is 5.91 Å². The average molecular weight is 287 g/mol. The molecule has 0 saturated carbocycles. The van der Waals surface area contributed by atoms with Crippen molar-refractivity contribution in [1.29, 1.82) is 5.26 Å². The van der Waals surface area contributed by atoms with Crippen molar-refractivity contribution in [1.82, 2.24) is 4.90 Å². The number of nitrogens with zero attached hydrogens (tertiary/aromatic N) is 2. The molecule has 1 saturated heterocycles. The average Bonchev–Trinajstić information content (AvgIpc) is 2.53. The molecule has 1 aliphatic heterocycles. The van der Waals surface area contributed by atoms with Crippen molar-refractivity contribution < 1.29 is 9.90 Å². The van der Waals surface area contributed by atoms with Crippen molar-refractivity contribution in [3.63, 3.8) is 0 Å². The van der Waals surface area contributed by atoms with E-state index in [4.69, 9.17) is 11.0 Å². The number of carbonyl (C=O) groups excluding carboxylic acids is 1. The number of hydrogen-bond acceptors (Lipinski definition) is 4. The van der Waals surface area contributed by atoms with Gasteiger partial charge in [0.15, 0.2) is 0 Å². The third-order valence-electron chi connectivity index (χ3n) is 4.38. The molecule has 1 heterocycles. The van der Waals surface area contributed by atoms with E-state index in [0.29, 0.717) is 5.56 Å². The third-order valence-corrected chi connectivity index (χ3v) is 4.38. The molecule has 0 spiro atoms. The van der Waals surface area contributed by atoms with Gasteiger partial charge in [-0.1, -0.05) is 12.1 Å². The van der Waals surface area contributed by atoms with Crippen molar-refractivity contribution in [2.24, 2.45) is 11.7 Å². The monoisotopic (exact) mass is 287 g/mol. The largest absolute Gasteiger partial charge is 0.383 e. The molecule has 0 aliphatic carbocycles. The molecule has 1 aromatic rings. The van der Waals surface area contributed by atoms with Crippen LogP contribution >= 0.6 is 0 Å². The molecule has 2 atom stereocenters. The molecule has 2 rings (SSSR count). The van der Waals surface area contributed by atoms with Crippen LogP contribution in [0.3, 0.4) is 0 Å². The fraction of sp³-hybridized carbons (Fsp3) is 0.500. The molecule has 1 aliphatic rings. The number of likely N-dealkylation sites (tertiary alicyclic amines) is 1. The van der Waals surface area contributed by atoms with Gasteiger partial charge in [0.25, 0.3) is 0 Å². The molecule has 0 unspecified atom stereocenters. The van der Waals surface area contributed by atoms with Gasteiger partial charge in [-0.25, -0.2) is 0 Å². The lowest BCUT2D eigenvalue weighted by molar-refractivity contribution is -0.129. The molecule has 0 aromatic heterocycles. The smallest absolute Gasteiger partial charge is 0.246 e. The number of aliphatic hydroxyl groups excluding tert-OH is 1. The third kappa shape index (κ3) is 3.60. The normalized spacial score (nSPS) is 19.7. The second-order valence-electron chi connectivity index (χ2n) is 5.63. The quantitative estimate of drug-likeness (QED) is 0.870. The van der Waals surface area contributed by atoms with E-state index in [0.717, 1.165) is 25.9 Å². The Kier molecular flexibility index (Phi) is 4.94. The van der Waals surface area contributed by atoms with Crippen LogP contribution in [-0.2, 0) is 4.79 Å². The highest BCUT2D eigenvalue weighted by Crippen LogP contribution is 2.28. The summed E-state index contributed by atoms with van der Waals surface area (Å²) in [6.45, 7) is 3.79. The topological polar surface area (TPSA) is 90.3 Å². The van der Waals surface area contributed by atoms with Gasteiger partial charge in [0, 0.05) is 6.04 Å². The highest BCUT2D eigenvalue weighted by molar-refractivity contribution is 5.78. The van der Waals surface area contributed by atoms with E-state index >= 15 is 0 Å². The van der Waals surface area contributed by atoms with Crippen LogP contribution in [0.4, 0.5) is 0 Å². The van der Waals surface area contributed by atoms with Gasteiger partial charge in [0.1, 0.15) is 6.10 Å². The predicted molar refractivity (Wildman–Crippen MR) is 79.1 cm³/mol. The van der Waals surface area contributed by atoms with E-state index in [2.05, 4.69) is 17.9 Å². The van der Waals surface area contributed by atoms with Gasteiger partial charge in [0.2, 0.25) is 5.91 Å². The number of amides is 1.